The lowest BCUT2D eigenvalue weighted by atomic mass is 10.1. The molecule has 7 heteroatoms. The van der Waals surface area contributed by atoms with Crippen molar-refractivity contribution in [3.05, 3.63) is 47.7 Å². The first-order valence-corrected chi connectivity index (χ1v) is 6.82. The lowest BCUT2D eigenvalue weighted by Crippen LogP contribution is -2.10. The number of halogens is 3. The van der Waals surface area contributed by atoms with Crippen molar-refractivity contribution in [1.29, 1.82) is 0 Å². The highest BCUT2D eigenvalue weighted by Gasteiger charge is 2.10. The monoisotopic (exact) mass is 311 g/mol. The Balaban J connectivity index is 2.08. The van der Waals surface area contributed by atoms with Crippen LogP contribution in [0.3, 0.4) is 0 Å². The van der Waals surface area contributed by atoms with Crippen molar-refractivity contribution in [3.8, 4) is 5.75 Å². The molecule has 2 aromatic rings. The third kappa shape index (κ3) is 4.34. The topological polar surface area (TPSA) is 47.0 Å². The molecule has 118 valence electrons. The molecule has 1 atom stereocenters. The Morgan fingerprint density at radius 1 is 1.18 bits per heavy atom. The van der Waals surface area contributed by atoms with E-state index in [9.17, 15) is 13.2 Å². The molecule has 1 heterocycles. The number of aryl methyl sites for hydroxylation is 1. The normalized spacial score (nSPS) is 12.3. The maximum Gasteiger partial charge on any atom is 0.387 e. The molecule has 0 aliphatic heterocycles. The van der Waals surface area contributed by atoms with Gasteiger partial charge >= 0.3 is 12.7 Å². The zero-order valence-electron chi connectivity index (χ0n) is 12.2. The molecule has 0 radical (unpaired) electrons. The smallest absolute Gasteiger partial charge is 0.387 e. The molecule has 22 heavy (non-hydrogen) atoms. The molecule has 2 rings (SSSR count). The molecule has 0 saturated carbocycles. The average molecular weight is 311 g/mol. The molecule has 0 aliphatic carbocycles. The number of aromatic nitrogens is 2. The Labute approximate surface area is 126 Å². The number of anilines is 1. The average Bonchev–Trinajstić information content (AvgIpc) is 2.46. The molecular formula is C15H16F3N3O. The van der Waals surface area contributed by atoms with E-state index in [1.54, 1.807) is 18.2 Å². The first-order chi connectivity index (χ1) is 10.5. The van der Waals surface area contributed by atoms with Crippen molar-refractivity contribution in [1.82, 2.24) is 9.97 Å². The van der Waals surface area contributed by atoms with Crippen LogP contribution in [-0.4, -0.2) is 16.6 Å². The number of nitrogens with one attached hydrogen (secondary N) is 1. The first kappa shape index (κ1) is 16.1. The lowest BCUT2D eigenvalue weighted by molar-refractivity contribution is -0.0498. The van der Waals surface area contributed by atoms with Gasteiger partial charge in [-0.1, -0.05) is 19.1 Å². The van der Waals surface area contributed by atoms with Crippen LogP contribution < -0.4 is 10.1 Å². The van der Waals surface area contributed by atoms with Crippen LogP contribution in [0, 0.1) is 6.08 Å². The summed E-state index contributed by atoms with van der Waals surface area (Å²) in [6.07, 6.45) is -0.183. The van der Waals surface area contributed by atoms with Crippen molar-refractivity contribution in [2.24, 2.45) is 0 Å². The molecular weight excluding hydrogens is 295 g/mol. The molecule has 0 saturated heterocycles. The maximum absolute atomic E-state index is 13.3. The summed E-state index contributed by atoms with van der Waals surface area (Å²) in [6, 6.07) is 7.73. The third-order valence-corrected chi connectivity index (χ3v) is 3.08. The van der Waals surface area contributed by atoms with Crippen molar-refractivity contribution >= 4 is 5.82 Å². The van der Waals surface area contributed by atoms with Crippen molar-refractivity contribution in [3.63, 3.8) is 0 Å². The van der Waals surface area contributed by atoms with Gasteiger partial charge in [-0.2, -0.15) is 18.2 Å². The number of hydrogen-bond donors (Lipinski definition) is 1. The van der Waals surface area contributed by atoms with E-state index < -0.39 is 12.7 Å². The molecule has 0 fully saturated rings. The molecule has 1 N–H and O–H groups in total. The highest BCUT2D eigenvalue weighted by molar-refractivity contribution is 5.39. The summed E-state index contributed by atoms with van der Waals surface area (Å²) in [6.45, 7) is 0.878. The Kier molecular flexibility index (Phi) is 5.19. The molecule has 0 aliphatic rings. The fraction of sp³-hybridized carbons (Fsp3) is 0.333. The van der Waals surface area contributed by atoms with Crippen LogP contribution in [0.5, 0.6) is 5.75 Å². The summed E-state index contributed by atoms with van der Waals surface area (Å²) < 4.78 is 41.8. The second kappa shape index (κ2) is 7.11. The predicted octanol–water partition coefficient (Wildman–Crippen LogP) is 3.95. The highest BCUT2D eigenvalue weighted by Crippen LogP contribution is 2.22. The van der Waals surface area contributed by atoms with Gasteiger partial charge in [-0.15, -0.1) is 0 Å². The number of hydrogen-bond acceptors (Lipinski definition) is 4. The van der Waals surface area contributed by atoms with Crippen LogP contribution in [0.25, 0.3) is 0 Å². The first-order valence-electron chi connectivity index (χ1n) is 6.82. The number of rotatable bonds is 6. The van der Waals surface area contributed by atoms with Gasteiger partial charge in [0.05, 0.1) is 0 Å². The van der Waals surface area contributed by atoms with E-state index in [1.165, 1.54) is 12.1 Å². The summed E-state index contributed by atoms with van der Waals surface area (Å²) in [5, 5.41) is 3.05. The zero-order valence-corrected chi connectivity index (χ0v) is 12.2. The van der Waals surface area contributed by atoms with Crippen LogP contribution in [0.4, 0.5) is 19.0 Å². The molecule has 4 nitrogen and oxygen atoms in total. The standard InChI is InChI=1S/C15H16F3N3O/c1-3-11-8-13(21-15(18)20-11)19-9(2)10-4-6-12(7-5-10)22-14(16)17/h4-9,14H,3H2,1-2H3,(H,19,20,21). The minimum atomic E-state index is -2.85. The Bertz CT molecular complexity index is 620. The predicted molar refractivity (Wildman–Crippen MR) is 76.5 cm³/mol. The third-order valence-electron chi connectivity index (χ3n) is 3.08. The van der Waals surface area contributed by atoms with Crippen molar-refractivity contribution in [2.45, 2.75) is 32.9 Å². The van der Waals surface area contributed by atoms with Crippen LogP contribution in [0.1, 0.15) is 31.1 Å². The summed E-state index contributed by atoms with van der Waals surface area (Å²) in [4.78, 5) is 7.36. The van der Waals surface area contributed by atoms with Crippen molar-refractivity contribution in [2.75, 3.05) is 5.32 Å². The van der Waals surface area contributed by atoms with E-state index in [0.29, 0.717) is 17.9 Å². The Morgan fingerprint density at radius 2 is 1.86 bits per heavy atom. The molecule has 1 aromatic carbocycles. The molecule has 0 spiro atoms. The number of ether oxygens (including phenoxy) is 1. The van der Waals surface area contributed by atoms with Gasteiger partial charge in [0.1, 0.15) is 11.6 Å². The van der Waals surface area contributed by atoms with Gasteiger partial charge < -0.3 is 10.1 Å². The van der Waals surface area contributed by atoms with E-state index in [4.69, 9.17) is 0 Å². The summed E-state index contributed by atoms with van der Waals surface area (Å²) in [5.41, 5.74) is 1.43. The minimum absolute atomic E-state index is 0.0901. The zero-order chi connectivity index (χ0) is 16.1. The maximum atomic E-state index is 13.3. The van der Waals surface area contributed by atoms with Gasteiger partial charge in [0.25, 0.3) is 0 Å². The van der Waals surface area contributed by atoms with Crippen LogP contribution in [0.2, 0.25) is 0 Å². The highest BCUT2D eigenvalue weighted by atomic mass is 19.3. The molecule has 1 aromatic heterocycles. The van der Waals surface area contributed by atoms with Crippen LogP contribution in [0.15, 0.2) is 30.3 Å². The summed E-state index contributed by atoms with van der Waals surface area (Å²) >= 11 is 0. The quantitative estimate of drug-likeness (QED) is 0.821. The van der Waals surface area contributed by atoms with Crippen LogP contribution in [-0.2, 0) is 6.42 Å². The largest absolute Gasteiger partial charge is 0.435 e. The van der Waals surface area contributed by atoms with Gasteiger partial charge in [0, 0.05) is 17.8 Å². The van der Waals surface area contributed by atoms with E-state index in [1.807, 2.05) is 13.8 Å². The molecule has 1 unspecified atom stereocenters. The summed E-state index contributed by atoms with van der Waals surface area (Å²) in [7, 11) is 0. The number of nitrogens with zero attached hydrogens (tertiary/aromatic N) is 2. The second-order valence-electron chi connectivity index (χ2n) is 4.68. The van der Waals surface area contributed by atoms with E-state index in [2.05, 4.69) is 20.0 Å². The van der Waals surface area contributed by atoms with E-state index in [-0.39, 0.29) is 11.8 Å². The SMILES string of the molecule is CCc1cc(NC(C)c2ccc(OC(F)F)cc2)nc(F)n1. The lowest BCUT2D eigenvalue weighted by Gasteiger charge is -2.16. The van der Waals surface area contributed by atoms with Gasteiger partial charge in [-0.05, 0) is 31.0 Å². The fourth-order valence-corrected chi connectivity index (χ4v) is 1.96. The fourth-order valence-electron chi connectivity index (χ4n) is 1.96. The van der Waals surface area contributed by atoms with E-state index in [0.717, 1.165) is 5.56 Å². The Hall–Kier alpha value is -2.31. The molecule has 0 amide bonds. The second-order valence-corrected chi connectivity index (χ2v) is 4.68. The van der Waals surface area contributed by atoms with Gasteiger partial charge in [0.15, 0.2) is 0 Å². The molecule has 0 bridgehead atoms. The van der Waals surface area contributed by atoms with E-state index >= 15 is 0 Å². The van der Waals surface area contributed by atoms with Gasteiger partial charge in [-0.3, -0.25) is 0 Å². The number of alkyl halides is 2. The van der Waals surface area contributed by atoms with Crippen molar-refractivity contribution < 1.29 is 17.9 Å². The number of benzene rings is 1. The Morgan fingerprint density at radius 3 is 2.45 bits per heavy atom. The van der Waals surface area contributed by atoms with Gasteiger partial charge in [0.2, 0.25) is 0 Å². The van der Waals surface area contributed by atoms with Crippen LogP contribution >= 0.6 is 0 Å². The van der Waals surface area contributed by atoms with Gasteiger partial charge in [-0.25, -0.2) is 4.98 Å². The summed E-state index contributed by atoms with van der Waals surface area (Å²) in [5.74, 6) is 0.469. The minimum Gasteiger partial charge on any atom is -0.435 e.